The fraction of sp³-hybridized carbons (Fsp3) is 0.0571. The molecular weight excluding hydrogens is 464 g/mol. The van der Waals surface area contributed by atoms with Crippen LogP contribution >= 0.6 is 0 Å². The van der Waals surface area contributed by atoms with Gasteiger partial charge in [0.1, 0.15) is 18.2 Å². The first-order valence-corrected chi connectivity index (χ1v) is 13.0. The number of para-hydroxylation sites is 3. The Bertz CT molecular complexity index is 2160. The number of hydrogen-bond acceptors (Lipinski definition) is 1. The van der Waals surface area contributed by atoms with Gasteiger partial charge >= 0.3 is 0 Å². The van der Waals surface area contributed by atoms with E-state index >= 15 is 0 Å². The summed E-state index contributed by atoms with van der Waals surface area (Å²) in [5.41, 5.74) is 8.95. The summed E-state index contributed by atoms with van der Waals surface area (Å²) in [5.74, 6) is 0. The van der Waals surface area contributed by atoms with Gasteiger partial charge in [0.15, 0.2) is 6.20 Å². The van der Waals surface area contributed by atoms with Crippen LogP contribution in [0.15, 0.2) is 120 Å². The summed E-state index contributed by atoms with van der Waals surface area (Å²) >= 11 is 0. The van der Waals surface area contributed by atoms with Crippen molar-refractivity contribution in [1.29, 1.82) is 0 Å². The molecule has 8 aromatic rings. The predicted octanol–water partition coefficient (Wildman–Crippen LogP) is 8.64. The van der Waals surface area contributed by atoms with E-state index in [9.17, 15) is 0 Å². The Morgan fingerprint density at radius 1 is 0.632 bits per heavy atom. The van der Waals surface area contributed by atoms with Crippen LogP contribution in [0.1, 0.15) is 5.56 Å². The minimum atomic E-state index is 0.923. The van der Waals surface area contributed by atoms with E-state index in [1.165, 1.54) is 38.1 Å². The third-order valence-corrected chi connectivity index (χ3v) is 7.93. The molecule has 0 N–H and O–H groups in total. The molecule has 3 aromatic heterocycles. The molecule has 38 heavy (non-hydrogen) atoms. The third-order valence-electron chi connectivity index (χ3n) is 7.93. The standard InChI is InChI=1S/C35H25N2O/c1-22-15-18-29-28-11-5-8-14-33(28)38-35(29)34(22)32-20-24-19-25(17-16-23(24)21-36(32)2)37-30-12-6-3-9-26(30)27-10-4-7-13-31(27)37/h3-21H,1-2H3/q+1. The SMILES string of the molecule is Cc1ccc2c(oc3ccccc32)c1-c1cc2cc(-n3c4ccccc4c4ccccc43)ccc2c[n+]1C. The molecule has 3 heteroatoms. The van der Waals surface area contributed by atoms with Crippen molar-refractivity contribution in [2.45, 2.75) is 6.92 Å². The lowest BCUT2D eigenvalue weighted by molar-refractivity contribution is -0.659. The van der Waals surface area contributed by atoms with Gasteiger partial charge in [-0.15, -0.1) is 0 Å². The molecule has 0 unspecified atom stereocenters. The first-order chi connectivity index (χ1) is 18.7. The van der Waals surface area contributed by atoms with Crippen LogP contribution in [0.2, 0.25) is 0 Å². The quantitative estimate of drug-likeness (QED) is 0.223. The van der Waals surface area contributed by atoms with Gasteiger partial charge < -0.3 is 8.98 Å². The molecule has 0 saturated carbocycles. The van der Waals surface area contributed by atoms with Gasteiger partial charge in [-0.25, -0.2) is 4.57 Å². The molecule has 5 aromatic carbocycles. The lowest BCUT2D eigenvalue weighted by atomic mass is 9.99. The van der Waals surface area contributed by atoms with Gasteiger partial charge in [-0.1, -0.05) is 66.7 Å². The summed E-state index contributed by atoms with van der Waals surface area (Å²) in [4.78, 5) is 0. The number of aryl methyl sites for hydroxylation is 2. The van der Waals surface area contributed by atoms with Crippen molar-refractivity contribution < 1.29 is 8.98 Å². The van der Waals surface area contributed by atoms with Gasteiger partial charge in [-0.3, -0.25) is 0 Å². The Balaban J connectivity index is 1.40. The van der Waals surface area contributed by atoms with Gasteiger partial charge in [0.25, 0.3) is 0 Å². The maximum atomic E-state index is 6.45. The van der Waals surface area contributed by atoms with Gasteiger partial charge in [0, 0.05) is 38.7 Å². The Kier molecular flexibility index (Phi) is 4.36. The summed E-state index contributed by atoms with van der Waals surface area (Å²) < 4.78 is 11.0. The van der Waals surface area contributed by atoms with E-state index in [4.69, 9.17) is 4.42 Å². The molecule has 0 aliphatic heterocycles. The third kappa shape index (κ3) is 2.93. The lowest BCUT2D eigenvalue weighted by Gasteiger charge is -2.11. The molecule has 3 nitrogen and oxygen atoms in total. The summed E-state index contributed by atoms with van der Waals surface area (Å²) in [6.07, 6.45) is 2.22. The largest absolute Gasteiger partial charge is 0.455 e. The molecule has 3 heterocycles. The van der Waals surface area contributed by atoms with Crippen LogP contribution in [0.25, 0.3) is 71.5 Å². The van der Waals surface area contributed by atoms with E-state index < -0.39 is 0 Å². The van der Waals surface area contributed by atoms with Crippen LogP contribution in [-0.2, 0) is 7.05 Å². The monoisotopic (exact) mass is 489 g/mol. The number of aromatic nitrogens is 2. The number of rotatable bonds is 2. The molecule has 8 rings (SSSR count). The fourth-order valence-corrected chi connectivity index (χ4v) is 6.13. The van der Waals surface area contributed by atoms with E-state index in [0.717, 1.165) is 38.9 Å². The van der Waals surface area contributed by atoms with E-state index in [-0.39, 0.29) is 0 Å². The van der Waals surface area contributed by atoms with Crippen molar-refractivity contribution in [3.8, 4) is 16.9 Å². The van der Waals surface area contributed by atoms with E-state index in [0.29, 0.717) is 0 Å². The summed E-state index contributed by atoms with van der Waals surface area (Å²) in [7, 11) is 2.12. The van der Waals surface area contributed by atoms with Crippen LogP contribution in [0, 0.1) is 6.92 Å². The highest BCUT2D eigenvalue weighted by Gasteiger charge is 2.21. The van der Waals surface area contributed by atoms with Crippen LogP contribution in [0.3, 0.4) is 0 Å². The van der Waals surface area contributed by atoms with Crippen molar-refractivity contribution in [3.63, 3.8) is 0 Å². The lowest BCUT2D eigenvalue weighted by Crippen LogP contribution is -2.30. The number of furan rings is 1. The van der Waals surface area contributed by atoms with Crippen molar-refractivity contribution in [1.82, 2.24) is 4.57 Å². The fourth-order valence-electron chi connectivity index (χ4n) is 6.13. The minimum absolute atomic E-state index is 0.923. The molecule has 0 saturated heterocycles. The second kappa shape index (κ2) is 7.80. The zero-order chi connectivity index (χ0) is 25.4. The van der Waals surface area contributed by atoms with Crippen molar-refractivity contribution in [3.05, 3.63) is 121 Å². The van der Waals surface area contributed by atoms with Crippen molar-refractivity contribution in [2.75, 3.05) is 0 Å². The van der Waals surface area contributed by atoms with Crippen LogP contribution in [-0.4, -0.2) is 4.57 Å². The Morgan fingerprint density at radius 3 is 2.08 bits per heavy atom. The highest BCUT2D eigenvalue weighted by Crippen LogP contribution is 2.38. The van der Waals surface area contributed by atoms with Crippen molar-refractivity contribution >= 4 is 54.5 Å². The van der Waals surface area contributed by atoms with Gasteiger partial charge in [0.2, 0.25) is 5.69 Å². The number of hydrogen-bond donors (Lipinski definition) is 0. The van der Waals surface area contributed by atoms with Crippen molar-refractivity contribution in [2.24, 2.45) is 7.05 Å². The topological polar surface area (TPSA) is 21.9 Å². The highest BCUT2D eigenvalue weighted by atomic mass is 16.3. The second-order valence-corrected chi connectivity index (χ2v) is 10.2. The first-order valence-electron chi connectivity index (χ1n) is 13.0. The van der Waals surface area contributed by atoms with Gasteiger partial charge in [-0.05, 0) is 54.3 Å². The number of pyridine rings is 1. The molecule has 0 amide bonds. The normalized spacial score (nSPS) is 11.9. The van der Waals surface area contributed by atoms with E-state index in [2.05, 4.69) is 126 Å². The Labute approximate surface area is 219 Å². The van der Waals surface area contributed by atoms with Gasteiger partial charge in [-0.2, -0.15) is 0 Å². The Morgan fingerprint density at radius 2 is 1.32 bits per heavy atom. The second-order valence-electron chi connectivity index (χ2n) is 10.2. The molecule has 180 valence electrons. The summed E-state index contributed by atoms with van der Waals surface area (Å²) in [5, 5.41) is 7.26. The van der Waals surface area contributed by atoms with Crippen LogP contribution in [0.5, 0.6) is 0 Å². The Hall–Kier alpha value is -4.89. The molecule has 0 spiro atoms. The summed E-state index contributed by atoms with van der Waals surface area (Å²) in [6.45, 7) is 2.17. The maximum Gasteiger partial charge on any atom is 0.216 e. The molecule has 0 atom stereocenters. The average molecular weight is 490 g/mol. The number of nitrogens with zero attached hydrogens (tertiary/aromatic N) is 2. The smallest absolute Gasteiger partial charge is 0.216 e. The minimum Gasteiger partial charge on any atom is -0.455 e. The maximum absolute atomic E-state index is 6.45. The number of benzene rings is 5. The summed E-state index contributed by atoms with van der Waals surface area (Å²) in [6, 6.07) is 39.1. The zero-order valence-electron chi connectivity index (χ0n) is 21.3. The zero-order valence-corrected chi connectivity index (χ0v) is 21.3. The molecule has 0 radical (unpaired) electrons. The molecular formula is C35H25N2O+. The van der Waals surface area contributed by atoms with E-state index in [1.54, 1.807) is 0 Å². The molecule has 0 fully saturated rings. The van der Waals surface area contributed by atoms with Crippen LogP contribution in [0.4, 0.5) is 0 Å². The van der Waals surface area contributed by atoms with E-state index in [1.807, 2.05) is 12.1 Å². The predicted molar refractivity (Wildman–Crippen MR) is 157 cm³/mol. The molecule has 0 aliphatic carbocycles. The average Bonchev–Trinajstić information content (AvgIpc) is 3.49. The van der Waals surface area contributed by atoms with Gasteiger partial charge in [0.05, 0.1) is 16.6 Å². The van der Waals surface area contributed by atoms with Crippen LogP contribution < -0.4 is 4.57 Å². The highest BCUT2D eigenvalue weighted by molar-refractivity contribution is 6.11. The molecule has 0 aliphatic rings. The first kappa shape index (κ1) is 21.2. The number of fused-ring (bicyclic) bond motifs is 7. The molecule has 0 bridgehead atoms.